The molecule has 0 saturated carbocycles. The standard InChI is InChI=1S/C18H14O10P2/c1-3-7-8(4-2)14-11(13(20)12(7)19)18-16(26-30(22,24-14)28-18)9-5-6-10-17-15(9)25-29(21,23-10)27-17/h5-6,19-20H,3-4H2,1-2H3. The lowest BCUT2D eigenvalue weighted by Crippen LogP contribution is -2.08. The highest BCUT2D eigenvalue weighted by Crippen LogP contribution is 2.74. The summed E-state index contributed by atoms with van der Waals surface area (Å²) in [5.41, 5.74) is 1.33. The topological polar surface area (TPSA) is 130 Å². The molecule has 4 aliphatic heterocycles. The molecule has 0 fully saturated rings. The Balaban J connectivity index is 1.64. The maximum absolute atomic E-state index is 13.1. The molecule has 10 nitrogen and oxygen atoms in total. The Labute approximate surface area is 169 Å². The van der Waals surface area contributed by atoms with E-state index in [9.17, 15) is 19.3 Å². The molecule has 6 rings (SSSR count). The molecule has 30 heavy (non-hydrogen) atoms. The summed E-state index contributed by atoms with van der Waals surface area (Å²) in [6, 6.07) is 3.03. The van der Waals surface area contributed by atoms with Gasteiger partial charge in [-0.05, 0) is 25.0 Å². The van der Waals surface area contributed by atoms with Crippen LogP contribution >= 0.6 is 15.6 Å². The third kappa shape index (κ3) is 2.05. The van der Waals surface area contributed by atoms with Crippen LogP contribution in [0.15, 0.2) is 12.1 Å². The fraction of sp³-hybridized carbons (Fsp3) is 0.222. The number of phenols is 2. The van der Waals surface area contributed by atoms with Crippen molar-refractivity contribution in [2.75, 3.05) is 0 Å². The predicted octanol–water partition coefficient (Wildman–Crippen LogP) is 4.87. The van der Waals surface area contributed by atoms with Crippen LogP contribution in [0.3, 0.4) is 0 Å². The van der Waals surface area contributed by atoms with Gasteiger partial charge in [0.1, 0.15) is 5.56 Å². The van der Waals surface area contributed by atoms with E-state index in [1.807, 2.05) is 13.8 Å². The van der Waals surface area contributed by atoms with Crippen LogP contribution in [0.25, 0.3) is 11.5 Å². The van der Waals surface area contributed by atoms with Gasteiger partial charge in [0.25, 0.3) is 0 Å². The molecule has 0 radical (unpaired) electrons. The van der Waals surface area contributed by atoms with E-state index in [2.05, 4.69) is 0 Å². The second-order valence-electron chi connectivity index (χ2n) is 6.94. The minimum Gasteiger partial charge on any atom is -0.504 e. The second kappa shape index (κ2) is 5.39. The fourth-order valence-corrected chi connectivity index (χ4v) is 6.68. The Morgan fingerprint density at radius 3 is 2.07 bits per heavy atom. The number of phosphoric acid groups is 2. The molecule has 0 saturated heterocycles. The number of fused-ring (bicyclic) bond motifs is 5. The summed E-state index contributed by atoms with van der Waals surface area (Å²) in [4.78, 5) is 0. The summed E-state index contributed by atoms with van der Waals surface area (Å²) in [5.74, 6) is -0.317. The van der Waals surface area contributed by atoms with Crippen LogP contribution in [0.2, 0.25) is 0 Å². The van der Waals surface area contributed by atoms with E-state index in [1.165, 1.54) is 12.1 Å². The van der Waals surface area contributed by atoms with E-state index < -0.39 is 21.4 Å². The van der Waals surface area contributed by atoms with Crippen LogP contribution < -0.4 is 18.1 Å². The van der Waals surface area contributed by atoms with Gasteiger partial charge in [0.05, 0.1) is 5.56 Å². The van der Waals surface area contributed by atoms with Gasteiger partial charge in [-0.15, -0.1) is 0 Å². The third-order valence-electron chi connectivity index (χ3n) is 5.30. The van der Waals surface area contributed by atoms with E-state index in [-0.39, 0.29) is 51.4 Å². The Morgan fingerprint density at radius 1 is 0.733 bits per heavy atom. The van der Waals surface area contributed by atoms with Crippen molar-refractivity contribution < 1.29 is 46.5 Å². The summed E-state index contributed by atoms with van der Waals surface area (Å²) >= 11 is 0. The summed E-state index contributed by atoms with van der Waals surface area (Å²) in [5, 5.41) is 21.3. The first-order valence-electron chi connectivity index (χ1n) is 9.16. The minimum absolute atomic E-state index is 0.0220. The number of phosphoric ester groups is 2. The summed E-state index contributed by atoms with van der Waals surface area (Å²) in [6.07, 6.45) is 0.871. The molecule has 4 heterocycles. The Kier molecular flexibility index (Phi) is 3.21. The third-order valence-corrected chi connectivity index (χ3v) is 7.75. The molecule has 0 aliphatic carbocycles. The lowest BCUT2D eigenvalue weighted by Gasteiger charge is -2.24. The maximum atomic E-state index is 13.1. The molecule has 4 aliphatic rings. The Morgan fingerprint density at radius 2 is 1.37 bits per heavy atom. The van der Waals surface area contributed by atoms with Crippen molar-refractivity contribution >= 4 is 27.2 Å². The van der Waals surface area contributed by atoms with Gasteiger partial charge in [-0.3, -0.25) is 0 Å². The zero-order chi connectivity index (χ0) is 21.0. The molecule has 156 valence electrons. The van der Waals surface area contributed by atoms with Gasteiger partial charge in [0.15, 0.2) is 40.3 Å². The normalized spacial score (nSPS) is 26.2. The van der Waals surface area contributed by atoms with Crippen LogP contribution in [0, 0.1) is 0 Å². The van der Waals surface area contributed by atoms with Crippen molar-refractivity contribution in [3.63, 3.8) is 0 Å². The molecular weight excluding hydrogens is 438 g/mol. The molecule has 2 N–H and O–H groups in total. The molecule has 0 aromatic heterocycles. The average Bonchev–Trinajstić information content (AvgIpc) is 3.31. The zero-order valence-electron chi connectivity index (χ0n) is 15.6. The van der Waals surface area contributed by atoms with Crippen molar-refractivity contribution in [2.24, 2.45) is 0 Å². The van der Waals surface area contributed by atoms with E-state index in [0.29, 0.717) is 24.0 Å². The van der Waals surface area contributed by atoms with E-state index in [1.54, 1.807) is 0 Å². The first-order valence-corrected chi connectivity index (χ1v) is 12.1. The molecule has 2 aromatic carbocycles. The highest BCUT2D eigenvalue weighted by molar-refractivity contribution is 7.51. The van der Waals surface area contributed by atoms with Crippen LogP contribution in [-0.2, 0) is 31.0 Å². The lowest BCUT2D eigenvalue weighted by molar-refractivity contribution is 0.283. The number of benzene rings is 2. The Bertz CT molecular complexity index is 1310. The number of phenolic OH excluding ortho intramolecular Hbond substituents is 2. The maximum Gasteiger partial charge on any atom is 0.647 e. The highest BCUT2D eigenvalue weighted by atomic mass is 31.2. The quantitative estimate of drug-likeness (QED) is 0.491. The van der Waals surface area contributed by atoms with Crippen LogP contribution in [-0.4, -0.2) is 10.2 Å². The zero-order valence-corrected chi connectivity index (χ0v) is 17.4. The second-order valence-corrected chi connectivity index (χ2v) is 9.82. The molecule has 0 spiro atoms. The summed E-state index contributed by atoms with van der Waals surface area (Å²) < 4.78 is 57.6. The van der Waals surface area contributed by atoms with Gasteiger partial charge in [-0.2, -0.15) is 9.13 Å². The van der Waals surface area contributed by atoms with Gasteiger partial charge >= 0.3 is 15.6 Å². The van der Waals surface area contributed by atoms with Gasteiger partial charge in [0.2, 0.25) is 5.75 Å². The fourth-order valence-electron chi connectivity index (χ4n) is 4.04. The molecule has 2 atom stereocenters. The first-order chi connectivity index (χ1) is 14.3. The van der Waals surface area contributed by atoms with E-state index >= 15 is 0 Å². The minimum atomic E-state index is -4.09. The predicted molar refractivity (Wildman–Crippen MR) is 102 cm³/mol. The van der Waals surface area contributed by atoms with Gasteiger partial charge in [-0.25, -0.2) is 0 Å². The smallest absolute Gasteiger partial charge is 0.504 e. The first kappa shape index (κ1) is 17.9. The van der Waals surface area contributed by atoms with E-state index in [4.69, 9.17) is 27.1 Å². The Hall–Kier alpha value is -2.96. The largest absolute Gasteiger partial charge is 0.647 e. The SMILES string of the molecule is CCc1c(O)c(O)c2c(c1CC)OP1(=O)OC(c3ccc4c5c3OP(=O)(O4)O5)=C2O1. The monoisotopic (exact) mass is 452 g/mol. The lowest BCUT2D eigenvalue weighted by atomic mass is 9.94. The highest BCUT2D eigenvalue weighted by Gasteiger charge is 2.55. The summed E-state index contributed by atoms with van der Waals surface area (Å²) in [6.45, 7) is 3.66. The van der Waals surface area contributed by atoms with Crippen molar-refractivity contribution in [3.05, 3.63) is 34.4 Å². The number of hydrogen-bond donors (Lipinski definition) is 2. The van der Waals surface area contributed by atoms with E-state index in [0.717, 1.165) is 0 Å². The number of aromatic hydroxyl groups is 2. The number of rotatable bonds is 3. The number of hydrogen-bond acceptors (Lipinski definition) is 10. The molecule has 2 aromatic rings. The summed E-state index contributed by atoms with van der Waals surface area (Å²) in [7, 11) is -7.86. The van der Waals surface area contributed by atoms with Crippen LogP contribution in [0.5, 0.6) is 34.5 Å². The van der Waals surface area contributed by atoms with Crippen molar-refractivity contribution in [3.8, 4) is 34.5 Å². The molecule has 12 heteroatoms. The molecule has 0 amide bonds. The van der Waals surface area contributed by atoms with Gasteiger partial charge in [0, 0.05) is 11.1 Å². The van der Waals surface area contributed by atoms with Crippen LogP contribution in [0.4, 0.5) is 0 Å². The van der Waals surface area contributed by atoms with Gasteiger partial charge in [-0.1, -0.05) is 13.8 Å². The average molecular weight is 452 g/mol. The molecule has 4 bridgehead atoms. The van der Waals surface area contributed by atoms with Gasteiger partial charge < -0.3 is 37.4 Å². The van der Waals surface area contributed by atoms with Crippen molar-refractivity contribution in [1.82, 2.24) is 0 Å². The molecular formula is C18H14O10P2. The molecule has 2 unspecified atom stereocenters. The van der Waals surface area contributed by atoms with Crippen LogP contribution in [0.1, 0.15) is 36.1 Å². The van der Waals surface area contributed by atoms with Crippen molar-refractivity contribution in [2.45, 2.75) is 26.7 Å². The van der Waals surface area contributed by atoms with Crippen molar-refractivity contribution in [1.29, 1.82) is 0 Å².